The highest BCUT2D eigenvalue weighted by molar-refractivity contribution is 6.62. The van der Waals surface area contributed by atoms with Crippen molar-refractivity contribution in [2.75, 3.05) is 5.32 Å². The number of benzene rings is 2. The van der Waals surface area contributed by atoms with Gasteiger partial charge < -0.3 is 15.0 Å². The second-order valence-corrected chi connectivity index (χ2v) is 6.32. The molecule has 0 spiro atoms. The van der Waals surface area contributed by atoms with Crippen LogP contribution in [0.2, 0.25) is 0 Å². The number of rotatable bonds is 2. The van der Waals surface area contributed by atoms with Crippen LogP contribution in [0.3, 0.4) is 0 Å². The van der Waals surface area contributed by atoms with Gasteiger partial charge in [0.15, 0.2) is 0 Å². The SMILES string of the molecule is CC1(C)OB(O)c2cc(NC(=O)c3cccc(C(F)(F)F)c3)ccc21. The molecule has 0 unspecified atom stereocenters. The van der Waals surface area contributed by atoms with Gasteiger partial charge in [-0.05, 0) is 55.2 Å². The lowest BCUT2D eigenvalue weighted by Crippen LogP contribution is -2.29. The first-order chi connectivity index (χ1) is 11.6. The molecule has 25 heavy (non-hydrogen) atoms. The lowest BCUT2D eigenvalue weighted by molar-refractivity contribution is -0.137. The smallest absolute Gasteiger partial charge is 0.423 e. The minimum Gasteiger partial charge on any atom is -0.423 e. The van der Waals surface area contributed by atoms with E-state index in [1.807, 2.05) is 13.8 Å². The van der Waals surface area contributed by atoms with Crippen LogP contribution >= 0.6 is 0 Å². The molecule has 1 amide bonds. The molecular formula is C17H15BF3NO3. The molecule has 2 N–H and O–H groups in total. The van der Waals surface area contributed by atoms with Crippen molar-refractivity contribution < 1.29 is 27.6 Å². The van der Waals surface area contributed by atoms with E-state index >= 15 is 0 Å². The predicted octanol–water partition coefficient (Wildman–Crippen LogP) is 2.91. The standard InChI is InChI=1S/C17H15BF3NO3/c1-16(2)13-7-6-12(9-14(13)18(24)25-16)22-15(23)10-4-3-5-11(8-10)17(19,20)21/h3-9,24H,1-2H3,(H,22,23). The van der Waals surface area contributed by atoms with E-state index in [2.05, 4.69) is 5.32 Å². The van der Waals surface area contributed by atoms with E-state index in [0.29, 0.717) is 11.2 Å². The van der Waals surface area contributed by atoms with Crippen LogP contribution in [0.15, 0.2) is 42.5 Å². The van der Waals surface area contributed by atoms with E-state index in [-0.39, 0.29) is 5.56 Å². The van der Waals surface area contributed by atoms with Gasteiger partial charge in [-0.25, -0.2) is 0 Å². The Morgan fingerprint density at radius 2 is 1.92 bits per heavy atom. The summed E-state index contributed by atoms with van der Waals surface area (Å²) in [4.78, 5) is 12.2. The van der Waals surface area contributed by atoms with Crippen LogP contribution in [0.25, 0.3) is 0 Å². The summed E-state index contributed by atoms with van der Waals surface area (Å²) in [7, 11) is -1.12. The summed E-state index contributed by atoms with van der Waals surface area (Å²) in [5, 5.41) is 12.5. The van der Waals surface area contributed by atoms with Crippen molar-refractivity contribution in [3.63, 3.8) is 0 Å². The van der Waals surface area contributed by atoms with E-state index in [1.165, 1.54) is 12.1 Å². The number of amides is 1. The minimum atomic E-state index is -4.52. The second-order valence-electron chi connectivity index (χ2n) is 6.32. The van der Waals surface area contributed by atoms with E-state index in [4.69, 9.17) is 4.65 Å². The number of fused-ring (bicyclic) bond motifs is 1. The van der Waals surface area contributed by atoms with Gasteiger partial charge in [-0.1, -0.05) is 12.1 Å². The monoisotopic (exact) mass is 349 g/mol. The van der Waals surface area contributed by atoms with Crippen molar-refractivity contribution in [1.29, 1.82) is 0 Å². The molecular weight excluding hydrogens is 334 g/mol. The lowest BCUT2D eigenvalue weighted by atomic mass is 9.78. The molecule has 0 radical (unpaired) electrons. The van der Waals surface area contributed by atoms with Gasteiger partial charge in [-0.15, -0.1) is 0 Å². The van der Waals surface area contributed by atoms with Gasteiger partial charge in [0.1, 0.15) is 0 Å². The third-order valence-electron chi connectivity index (χ3n) is 4.08. The average molecular weight is 349 g/mol. The molecule has 130 valence electrons. The Morgan fingerprint density at radius 3 is 2.60 bits per heavy atom. The van der Waals surface area contributed by atoms with Crippen LogP contribution in [-0.4, -0.2) is 18.0 Å². The highest BCUT2D eigenvalue weighted by Crippen LogP contribution is 2.31. The molecule has 1 heterocycles. The summed E-state index contributed by atoms with van der Waals surface area (Å²) in [5.41, 5.74) is 0.0239. The molecule has 0 aliphatic carbocycles. The largest absolute Gasteiger partial charge is 0.492 e. The first-order valence-electron chi connectivity index (χ1n) is 7.57. The fourth-order valence-corrected chi connectivity index (χ4v) is 2.84. The van der Waals surface area contributed by atoms with E-state index < -0.39 is 30.4 Å². The van der Waals surface area contributed by atoms with E-state index in [1.54, 1.807) is 18.2 Å². The molecule has 1 aliphatic rings. The predicted molar refractivity (Wildman–Crippen MR) is 87.6 cm³/mol. The highest BCUT2D eigenvalue weighted by atomic mass is 19.4. The molecule has 4 nitrogen and oxygen atoms in total. The van der Waals surface area contributed by atoms with Gasteiger partial charge in [0.25, 0.3) is 5.91 Å². The lowest BCUT2D eigenvalue weighted by Gasteiger charge is -2.19. The number of carbonyl (C=O) groups excluding carboxylic acids is 1. The summed E-state index contributed by atoms with van der Waals surface area (Å²) in [6.07, 6.45) is -4.52. The third kappa shape index (κ3) is 3.40. The van der Waals surface area contributed by atoms with Gasteiger partial charge in [0, 0.05) is 11.3 Å². The number of halogens is 3. The first kappa shape index (κ1) is 17.5. The quantitative estimate of drug-likeness (QED) is 0.820. The second kappa shape index (κ2) is 5.89. The maximum Gasteiger partial charge on any atom is 0.492 e. The Hall–Kier alpha value is -2.32. The van der Waals surface area contributed by atoms with E-state index in [0.717, 1.165) is 17.7 Å². The number of carbonyl (C=O) groups is 1. The van der Waals surface area contributed by atoms with Gasteiger partial charge in [0.2, 0.25) is 0 Å². The minimum absolute atomic E-state index is 0.104. The molecule has 0 atom stereocenters. The zero-order valence-corrected chi connectivity index (χ0v) is 13.5. The molecule has 2 aromatic rings. The molecule has 2 aromatic carbocycles. The van der Waals surface area contributed by atoms with Crippen molar-refractivity contribution in [2.24, 2.45) is 0 Å². The Labute approximate surface area is 142 Å². The summed E-state index contributed by atoms with van der Waals surface area (Å²) in [6, 6.07) is 9.08. The fraction of sp³-hybridized carbons (Fsp3) is 0.235. The molecule has 0 aromatic heterocycles. The Bertz CT molecular complexity index is 836. The molecule has 8 heteroatoms. The van der Waals surface area contributed by atoms with E-state index in [9.17, 15) is 23.0 Å². The van der Waals surface area contributed by atoms with Crippen LogP contribution in [0.5, 0.6) is 0 Å². The van der Waals surface area contributed by atoms with Crippen molar-refractivity contribution in [3.8, 4) is 0 Å². The number of hydrogen-bond donors (Lipinski definition) is 2. The summed E-state index contributed by atoms with van der Waals surface area (Å²) in [5.74, 6) is -0.668. The Kier molecular flexibility index (Phi) is 4.13. The van der Waals surface area contributed by atoms with Gasteiger partial charge in [-0.3, -0.25) is 4.79 Å². The molecule has 1 aliphatic heterocycles. The Balaban J connectivity index is 1.84. The highest BCUT2D eigenvalue weighted by Gasteiger charge is 2.40. The molecule has 3 rings (SSSR count). The van der Waals surface area contributed by atoms with Gasteiger partial charge in [-0.2, -0.15) is 13.2 Å². The molecule has 0 fully saturated rings. The van der Waals surface area contributed by atoms with Gasteiger partial charge >= 0.3 is 13.3 Å². The Morgan fingerprint density at radius 1 is 1.20 bits per heavy atom. The molecule has 0 bridgehead atoms. The summed E-state index contributed by atoms with van der Waals surface area (Å²) >= 11 is 0. The van der Waals surface area contributed by atoms with Crippen molar-refractivity contribution >= 4 is 24.2 Å². The van der Waals surface area contributed by atoms with Crippen LogP contribution < -0.4 is 10.8 Å². The zero-order chi connectivity index (χ0) is 18.4. The van der Waals surface area contributed by atoms with Crippen LogP contribution in [-0.2, 0) is 16.4 Å². The van der Waals surface area contributed by atoms with Crippen LogP contribution in [0, 0.1) is 0 Å². The van der Waals surface area contributed by atoms with Crippen molar-refractivity contribution in [2.45, 2.75) is 25.6 Å². The summed E-state index contributed by atoms with van der Waals surface area (Å²) in [6.45, 7) is 3.62. The topological polar surface area (TPSA) is 58.6 Å². The zero-order valence-electron chi connectivity index (χ0n) is 13.5. The summed E-state index contributed by atoms with van der Waals surface area (Å²) < 4.78 is 43.7. The average Bonchev–Trinajstić information content (AvgIpc) is 2.76. The van der Waals surface area contributed by atoms with Crippen LogP contribution in [0.1, 0.15) is 35.3 Å². The first-order valence-corrected chi connectivity index (χ1v) is 7.57. The number of hydrogen-bond acceptors (Lipinski definition) is 3. The van der Waals surface area contributed by atoms with Crippen LogP contribution in [0.4, 0.5) is 18.9 Å². The molecule has 0 saturated carbocycles. The normalized spacial score (nSPS) is 15.8. The maximum atomic E-state index is 12.8. The number of alkyl halides is 3. The van der Waals surface area contributed by atoms with Crippen molar-refractivity contribution in [1.82, 2.24) is 0 Å². The number of nitrogens with one attached hydrogen (secondary N) is 1. The van der Waals surface area contributed by atoms with Crippen molar-refractivity contribution in [3.05, 3.63) is 59.2 Å². The van der Waals surface area contributed by atoms with Gasteiger partial charge in [0.05, 0.1) is 11.2 Å². The number of anilines is 1. The maximum absolute atomic E-state index is 12.8. The third-order valence-corrected chi connectivity index (χ3v) is 4.08. The molecule has 0 saturated heterocycles. The fourth-order valence-electron chi connectivity index (χ4n) is 2.84.